The van der Waals surface area contributed by atoms with Crippen LogP contribution in [0, 0.1) is 17.8 Å². The van der Waals surface area contributed by atoms with Crippen molar-refractivity contribution in [3.63, 3.8) is 0 Å². The second kappa shape index (κ2) is 6.74. The van der Waals surface area contributed by atoms with Gasteiger partial charge in [-0.15, -0.1) is 0 Å². The van der Waals surface area contributed by atoms with Gasteiger partial charge in [0.05, 0.1) is 0 Å². The highest BCUT2D eigenvalue weighted by Gasteiger charge is 2.37. The Balaban J connectivity index is 2.68. The lowest BCUT2D eigenvalue weighted by Gasteiger charge is -2.38. The summed E-state index contributed by atoms with van der Waals surface area (Å²) in [6.07, 6.45) is 5.02. The van der Waals surface area contributed by atoms with Crippen molar-refractivity contribution >= 4 is 5.97 Å². The standard InChI is InChI=1S/C16H31NO2/c1-6-9-16(5,17)15(18)19-14-10-12(4)7-8-13(14)11(2)3/h11-14H,6-10,17H2,1-5H3. The Labute approximate surface area is 118 Å². The van der Waals surface area contributed by atoms with Crippen molar-refractivity contribution in [2.24, 2.45) is 23.5 Å². The van der Waals surface area contributed by atoms with Crippen molar-refractivity contribution in [1.29, 1.82) is 0 Å². The quantitative estimate of drug-likeness (QED) is 0.777. The van der Waals surface area contributed by atoms with Crippen LogP contribution in [0.25, 0.3) is 0 Å². The van der Waals surface area contributed by atoms with Gasteiger partial charge in [0, 0.05) is 0 Å². The average Bonchev–Trinajstić information content (AvgIpc) is 2.28. The predicted molar refractivity (Wildman–Crippen MR) is 78.7 cm³/mol. The van der Waals surface area contributed by atoms with Crippen LogP contribution < -0.4 is 5.73 Å². The number of carbonyl (C=O) groups is 1. The molecule has 0 aromatic heterocycles. The molecule has 0 bridgehead atoms. The second-order valence-electron chi connectivity index (χ2n) is 6.94. The average molecular weight is 269 g/mol. The molecule has 112 valence electrons. The molecule has 3 nitrogen and oxygen atoms in total. The molecule has 1 rings (SSSR count). The van der Waals surface area contributed by atoms with E-state index in [0.717, 1.165) is 19.3 Å². The highest BCUT2D eigenvalue weighted by molar-refractivity contribution is 5.80. The lowest BCUT2D eigenvalue weighted by atomic mass is 9.75. The molecule has 0 aliphatic heterocycles. The molecule has 2 N–H and O–H groups in total. The molecule has 1 fully saturated rings. The van der Waals surface area contributed by atoms with Crippen LogP contribution in [0.1, 0.15) is 66.7 Å². The smallest absolute Gasteiger partial charge is 0.326 e. The van der Waals surface area contributed by atoms with E-state index in [1.54, 1.807) is 6.92 Å². The summed E-state index contributed by atoms with van der Waals surface area (Å²) < 4.78 is 5.79. The molecule has 19 heavy (non-hydrogen) atoms. The molecule has 0 amide bonds. The van der Waals surface area contributed by atoms with E-state index in [4.69, 9.17) is 10.5 Å². The summed E-state index contributed by atoms with van der Waals surface area (Å²) in [7, 11) is 0. The second-order valence-corrected chi connectivity index (χ2v) is 6.94. The largest absolute Gasteiger partial charge is 0.461 e. The maximum atomic E-state index is 12.3. The molecule has 0 aromatic carbocycles. The van der Waals surface area contributed by atoms with Gasteiger partial charge in [-0.1, -0.05) is 40.5 Å². The number of hydrogen-bond acceptors (Lipinski definition) is 3. The minimum atomic E-state index is -0.836. The van der Waals surface area contributed by atoms with Crippen molar-refractivity contribution in [3.05, 3.63) is 0 Å². The van der Waals surface area contributed by atoms with Crippen LogP contribution in [0.4, 0.5) is 0 Å². The van der Waals surface area contributed by atoms with Gasteiger partial charge in [0.1, 0.15) is 11.6 Å². The van der Waals surface area contributed by atoms with E-state index in [1.165, 1.54) is 6.42 Å². The van der Waals surface area contributed by atoms with E-state index in [1.807, 2.05) is 6.92 Å². The zero-order chi connectivity index (χ0) is 14.6. The number of hydrogen-bond donors (Lipinski definition) is 1. The fourth-order valence-electron chi connectivity index (χ4n) is 3.14. The Morgan fingerprint density at radius 2 is 2.05 bits per heavy atom. The normalized spacial score (nSPS) is 31.0. The molecule has 1 aliphatic rings. The fraction of sp³-hybridized carbons (Fsp3) is 0.938. The first kappa shape index (κ1) is 16.5. The van der Waals surface area contributed by atoms with Gasteiger partial charge in [0.2, 0.25) is 0 Å². The monoisotopic (exact) mass is 269 g/mol. The van der Waals surface area contributed by atoms with Crippen molar-refractivity contribution in [2.45, 2.75) is 78.4 Å². The summed E-state index contributed by atoms with van der Waals surface area (Å²) in [5.74, 6) is 1.46. The van der Waals surface area contributed by atoms with Crippen molar-refractivity contribution < 1.29 is 9.53 Å². The van der Waals surface area contributed by atoms with Crippen molar-refractivity contribution in [2.75, 3.05) is 0 Å². The van der Waals surface area contributed by atoms with E-state index in [2.05, 4.69) is 20.8 Å². The van der Waals surface area contributed by atoms with Gasteiger partial charge in [-0.2, -0.15) is 0 Å². The summed E-state index contributed by atoms with van der Waals surface area (Å²) in [5.41, 5.74) is 5.23. The van der Waals surface area contributed by atoms with Crippen LogP contribution in [0.2, 0.25) is 0 Å². The number of rotatable bonds is 5. The molecule has 0 saturated heterocycles. The Morgan fingerprint density at radius 1 is 1.42 bits per heavy atom. The Kier molecular flexibility index (Phi) is 5.84. The summed E-state index contributed by atoms with van der Waals surface area (Å²) in [4.78, 5) is 12.3. The molecule has 0 radical (unpaired) electrons. The molecule has 0 aromatic rings. The molecule has 4 atom stereocenters. The molecule has 1 saturated carbocycles. The van der Waals surface area contributed by atoms with E-state index in [0.29, 0.717) is 24.2 Å². The van der Waals surface area contributed by atoms with Gasteiger partial charge < -0.3 is 10.5 Å². The molecule has 0 spiro atoms. The lowest BCUT2D eigenvalue weighted by Crippen LogP contribution is -2.49. The fourth-order valence-corrected chi connectivity index (χ4v) is 3.14. The first-order chi connectivity index (χ1) is 8.77. The first-order valence-corrected chi connectivity index (χ1v) is 7.77. The van der Waals surface area contributed by atoms with E-state index in [-0.39, 0.29) is 12.1 Å². The maximum absolute atomic E-state index is 12.3. The SMILES string of the molecule is CCCC(C)(N)C(=O)OC1CC(C)CCC1C(C)C. The molecular weight excluding hydrogens is 238 g/mol. The highest BCUT2D eigenvalue weighted by Crippen LogP contribution is 2.35. The summed E-state index contributed by atoms with van der Waals surface area (Å²) in [5, 5.41) is 0. The Morgan fingerprint density at radius 3 is 2.58 bits per heavy atom. The summed E-state index contributed by atoms with van der Waals surface area (Å²) in [6, 6.07) is 0. The van der Waals surface area contributed by atoms with Gasteiger partial charge in [0.25, 0.3) is 0 Å². The highest BCUT2D eigenvalue weighted by atomic mass is 16.5. The lowest BCUT2D eigenvalue weighted by molar-refractivity contribution is -0.162. The van der Waals surface area contributed by atoms with Crippen molar-refractivity contribution in [1.82, 2.24) is 0 Å². The van der Waals surface area contributed by atoms with Crippen molar-refractivity contribution in [3.8, 4) is 0 Å². The van der Waals surface area contributed by atoms with Crippen LogP contribution in [0.3, 0.4) is 0 Å². The van der Waals surface area contributed by atoms with Crippen LogP contribution in [-0.4, -0.2) is 17.6 Å². The predicted octanol–water partition coefficient (Wildman–Crippen LogP) is 3.51. The molecular formula is C16H31NO2. The minimum Gasteiger partial charge on any atom is -0.461 e. The number of esters is 1. The topological polar surface area (TPSA) is 52.3 Å². The number of nitrogens with two attached hydrogens (primary N) is 1. The molecule has 0 heterocycles. The molecule has 1 aliphatic carbocycles. The van der Waals surface area contributed by atoms with Crippen LogP contribution >= 0.6 is 0 Å². The van der Waals surface area contributed by atoms with Gasteiger partial charge in [-0.05, 0) is 43.9 Å². The Hall–Kier alpha value is -0.570. The van der Waals surface area contributed by atoms with Crippen LogP contribution in [0.5, 0.6) is 0 Å². The molecule has 3 heteroatoms. The van der Waals surface area contributed by atoms with E-state index < -0.39 is 5.54 Å². The van der Waals surface area contributed by atoms with Gasteiger partial charge in [0.15, 0.2) is 0 Å². The van der Waals surface area contributed by atoms with E-state index >= 15 is 0 Å². The van der Waals surface area contributed by atoms with Gasteiger partial charge in [-0.25, -0.2) is 0 Å². The first-order valence-electron chi connectivity index (χ1n) is 7.77. The zero-order valence-corrected chi connectivity index (χ0v) is 13.2. The zero-order valence-electron chi connectivity index (χ0n) is 13.2. The Bertz CT molecular complexity index is 299. The van der Waals surface area contributed by atoms with Gasteiger partial charge in [-0.3, -0.25) is 4.79 Å². The maximum Gasteiger partial charge on any atom is 0.326 e. The van der Waals surface area contributed by atoms with Crippen LogP contribution in [0.15, 0.2) is 0 Å². The summed E-state index contributed by atoms with van der Waals surface area (Å²) in [6.45, 7) is 10.5. The van der Waals surface area contributed by atoms with Crippen LogP contribution in [-0.2, 0) is 9.53 Å². The molecule has 4 unspecified atom stereocenters. The summed E-state index contributed by atoms with van der Waals surface area (Å²) >= 11 is 0. The number of ether oxygens (including phenoxy) is 1. The third-order valence-electron chi connectivity index (χ3n) is 4.46. The van der Waals surface area contributed by atoms with Gasteiger partial charge >= 0.3 is 5.97 Å². The third-order valence-corrected chi connectivity index (χ3v) is 4.46. The third kappa shape index (κ3) is 4.48. The minimum absolute atomic E-state index is 0.0518. The van der Waals surface area contributed by atoms with E-state index in [9.17, 15) is 4.79 Å². The number of carbonyl (C=O) groups excluding carboxylic acids is 1.